The smallest absolute Gasteiger partial charge is 0.270 e. The zero-order valence-corrected chi connectivity index (χ0v) is 15.6. The average molecular weight is 352 g/mol. The number of hydrogen-bond donors (Lipinski definition) is 1. The van der Waals surface area contributed by atoms with Crippen LogP contribution in [0.5, 0.6) is 0 Å². The summed E-state index contributed by atoms with van der Waals surface area (Å²) in [6, 6.07) is 5.13. The van der Waals surface area contributed by atoms with Gasteiger partial charge in [0.2, 0.25) is 11.9 Å². The summed E-state index contributed by atoms with van der Waals surface area (Å²) in [5, 5.41) is 0. The van der Waals surface area contributed by atoms with Gasteiger partial charge in [-0.2, -0.15) is 0 Å². The first-order valence-corrected chi connectivity index (χ1v) is 8.64. The van der Waals surface area contributed by atoms with E-state index >= 15 is 0 Å². The second kappa shape index (κ2) is 5.52. The molecule has 2 aliphatic heterocycles. The number of carbonyl (C=O) groups excluding carboxylic acids is 2. The Morgan fingerprint density at radius 1 is 1.19 bits per heavy atom. The van der Waals surface area contributed by atoms with Crippen LogP contribution in [-0.4, -0.2) is 39.6 Å². The molecule has 1 N–H and O–H groups in total. The maximum absolute atomic E-state index is 13.3. The molecule has 134 valence electrons. The molecule has 2 aromatic rings. The lowest BCUT2D eigenvalue weighted by Gasteiger charge is -2.33. The number of H-pyrrole nitrogens is 1. The molecule has 1 aromatic carbocycles. The van der Waals surface area contributed by atoms with E-state index in [4.69, 9.17) is 0 Å². The average Bonchev–Trinajstić information content (AvgIpc) is 3.10. The van der Waals surface area contributed by atoms with Crippen LogP contribution in [0, 0.1) is 27.7 Å². The number of nitrogens with one attached hydrogen (secondary N) is 1. The van der Waals surface area contributed by atoms with E-state index in [2.05, 4.69) is 9.98 Å². The molecular formula is C19H22N5O2+. The van der Waals surface area contributed by atoms with Crippen molar-refractivity contribution in [2.45, 2.75) is 40.3 Å². The highest BCUT2D eigenvalue weighted by atomic mass is 16.2. The summed E-state index contributed by atoms with van der Waals surface area (Å²) in [5.74, 6) is 0.853. The van der Waals surface area contributed by atoms with Crippen molar-refractivity contribution in [1.29, 1.82) is 0 Å². The van der Waals surface area contributed by atoms with E-state index in [1.165, 1.54) is 9.80 Å². The molecule has 7 heteroatoms. The number of aryl methyl sites for hydroxylation is 3. The molecule has 0 spiro atoms. The lowest BCUT2D eigenvalue weighted by Crippen LogP contribution is -2.63. The number of urea groups is 1. The number of nitrogens with zero attached hydrogens (tertiary/aromatic N) is 4. The molecule has 3 amide bonds. The quantitative estimate of drug-likeness (QED) is 0.842. The molecule has 1 atom stereocenters. The summed E-state index contributed by atoms with van der Waals surface area (Å²) in [6.07, 6.45) is 0. The molecule has 0 radical (unpaired) electrons. The van der Waals surface area contributed by atoms with Gasteiger partial charge in [-0.15, -0.1) is 0 Å². The van der Waals surface area contributed by atoms with Crippen molar-refractivity contribution in [3.63, 3.8) is 0 Å². The number of hydrogen-bond acceptors (Lipinski definition) is 3. The molecule has 4 rings (SSSR count). The van der Waals surface area contributed by atoms with Gasteiger partial charge in [-0.1, -0.05) is 28.8 Å². The largest absolute Gasteiger partial charge is 0.399 e. The summed E-state index contributed by atoms with van der Waals surface area (Å²) in [5.41, 5.74) is 5.06. The van der Waals surface area contributed by atoms with Gasteiger partial charge in [0, 0.05) is 7.05 Å². The molecule has 0 saturated carbocycles. The Morgan fingerprint density at radius 2 is 1.92 bits per heavy atom. The van der Waals surface area contributed by atoms with Crippen LogP contribution >= 0.6 is 0 Å². The molecule has 1 aromatic heterocycles. The van der Waals surface area contributed by atoms with Gasteiger partial charge < -0.3 is 0 Å². The van der Waals surface area contributed by atoms with Crippen molar-refractivity contribution in [3.8, 4) is 0 Å². The van der Waals surface area contributed by atoms with Crippen LogP contribution in [0.4, 0.5) is 10.7 Å². The third kappa shape index (κ3) is 2.20. The van der Waals surface area contributed by atoms with Crippen LogP contribution in [-0.2, 0) is 11.3 Å². The Balaban J connectivity index is 1.75. The summed E-state index contributed by atoms with van der Waals surface area (Å²) < 4.78 is 1.88. The molecule has 1 unspecified atom stereocenters. The van der Waals surface area contributed by atoms with Gasteiger partial charge >= 0.3 is 12.0 Å². The Bertz CT molecular complexity index is 988. The Morgan fingerprint density at radius 3 is 2.65 bits per heavy atom. The Hall–Kier alpha value is -2.96. The fourth-order valence-electron chi connectivity index (χ4n) is 3.63. The first-order chi connectivity index (χ1) is 12.3. The number of imidazole rings is 1. The summed E-state index contributed by atoms with van der Waals surface area (Å²) >= 11 is 0. The van der Waals surface area contributed by atoms with Crippen LogP contribution in [0.3, 0.4) is 0 Å². The Kier molecular flexibility index (Phi) is 3.50. The number of imide groups is 1. The summed E-state index contributed by atoms with van der Waals surface area (Å²) in [6.45, 7) is 8.16. The number of fused-ring (bicyclic) bond motifs is 3. The van der Waals surface area contributed by atoms with Gasteiger partial charge in [-0.25, -0.2) is 14.3 Å². The highest BCUT2D eigenvalue weighted by Gasteiger charge is 2.53. The highest BCUT2D eigenvalue weighted by Crippen LogP contribution is 2.29. The topological polar surface area (TPSA) is 72.7 Å². The normalized spacial score (nSPS) is 19.0. The molecule has 0 aliphatic carbocycles. The second-order valence-corrected chi connectivity index (χ2v) is 7.10. The summed E-state index contributed by atoms with van der Waals surface area (Å²) in [7, 11) is 1.67. The molecule has 3 heterocycles. The number of aromatic nitrogens is 2. The number of aromatic amines is 1. The molecule has 7 nitrogen and oxygen atoms in total. The first-order valence-electron chi connectivity index (χ1n) is 8.64. The van der Waals surface area contributed by atoms with E-state index in [1.54, 1.807) is 7.05 Å². The van der Waals surface area contributed by atoms with Gasteiger partial charge in [-0.3, -0.25) is 14.6 Å². The fraction of sp³-hybridized carbons (Fsp3) is 0.368. The maximum atomic E-state index is 13.3. The maximum Gasteiger partial charge on any atom is 0.399 e. The minimum atomic E-state index is -0.595. The minimum Gasteiger partial charge on any atom is -0.270 e. The van der Waals surface area contributed by atoms with Gasteiger partial charge in [0.15, 0.2) is 0 Å². The van der Waals surface area contributed by atoms with Crippen LogP contribution in [0.1, 0.15) is 34.1 Å². The number of aliphatic imine (C=N–C) groups is 1. The molecule has 26 heavy (non-hydrogen) atoms. The van der Waals surface area contributed by atoms with E-state index in [0.29, 0.717) is 11.8 Å². The van der Waals surface area contributed by atoms with Crippen LogP contribution < -0.4 is 4.57 Å². The van der Waals surface area contributed by atoms with E-state index in [-0.39, 0.29) is 18.5 Å². The fourth-order valence-corrected chi connectivity index (χ4v) is 3.63. The van der Waals surface area contributed by atoms with Crippen LogP contribution in [0.15, 0.2) is 23.2 Å². The number of rotatable bonds is 2. The van der Waals surface area contributed by atoms with E-state index < -0.39 is 6.04 Å². The zero-order chi connectivity index (χ0) is 18.7. The zero-order valence-electron chi connectivity index (χ0n) is 15.6. The lowest BCUT2D eigenvalue weighted by atomic mass is 10.0. The van der Waals surface area contributed by atoms with Gasteiger partial charge in [0.25, 0.3) is 5.91 Å². The molecule has 1 saturated heterocycles. The summed E-state index contributed by atoms with van der Waals surface area (Å²) in [4.78, 5) is 36.6. The van der Waals surface area contributed by atoms with Gasteiger partial charge in [0.05, 0.1) is 6.54 Å². The number of amides is 3. The third-order valence-electron chi connectivity index (χ3n) is 5.35. The standard InChI is InChI=1S/C19H21N5O2/c1-10-6-7-11(2)14(8-10)9-23-17(25)15-16(22(5)19(23)26)21-18-20-12(3)13(4)24(15)18/h6-8,15H,9H2,1-5H3/p+1. The van der Waals surface area contributed by atoms with E-state index in [0.717, 1.165) is 28.1 Å². The molecule has 1 fully saturated rings. The van der Waals surface area contributed by atoms with Crippen molar-refractivity contribution in [2.75, 3.05) is 7.05 Å². The molecule has 2 aliphatic rings. The van der Waals surface area contributed by atoms with E-state index in [1.807, 2.05) is 50.5 Å². The van der Waals surface area contributed by atoms with Crippen molar-refractivity contribution in [3.05, 3.63) is 46.3 Å². The number of amidine groups is 1. The molecular weight excluding hydrogens is 330 g/mol. The SMILES string of the molecule is Cc1ccc(C)c(CN2C(=O)C3C(=Nc4[nH]c(C)c(C)[n+]43)N(C)C2=O)c1. The van der Waals surface area contributed by atoms with Crippen molar-refractivity contribution in [2.24, 2.45) is 4.99 Å². The highest BCUT2D eigenvalue weighted by molar-refractivity contribution is 6.19. The van der Waals surface area contributed by atoms with Crippen molar-refractivity contribution < 1.29 is 14.2 Å². The van der Waals surface area contributed by atoms with Gasteiger partial charge in [0.1, 0.15) is 11.4 Å². The number of likely N-dealkylation sites (N-methyl/N-ethyl adjacent to an activating group) is 1. The van der Waals surface area contributed by atoms with E-state index in [9.17, 15) is 9.59 Å². The first kappa shape index (κ1) is 16.5. The monoisotopic (exact) mass is 352 g/mol. The van der Waals surface area contributed by atoms with Crippen molar-refractivity contribution in [1.82, 2.24) is 14.8 Å². The van der Waals surface area contributed by atoms with Crippen LogP contribution in [0.25, 0.3) is 0 Å². The number of carbonyl (C=O) groups is 2. The minimum absolute atomic E-state index is 0.237. The molecule has 0 bridgehead atoms. The second-order valence-electron chi connectivity index (χ2n) is 7.10. The predicted molar refractivity (Wildman–Crippen MR) is 96.2 cm³/mol. The predicted octanol–water partition coefficient (Wildman–Crippen LogP) is 2.21. The third-order valence-corrected chi connectivity index (χ3v) is 5.35. The van der Waals surface area contributed by atoms with Crippen LogP contribution in [0.2, 0.25) is 0 Å². The van der Waals surface area contributed by atoms with Crippen molar-refractivity contribution >= 4 is 23.7 Å². The Labute approximate surface area is 152 Å². The van der Waals surface area contributed by atoms with Gasteiger partial charge in [-0.05, 0) is 38.8 Å². The lowest BCUT2D eigenvalue weighted by molar-refractivity contribution is -0.682. The number of benzene rings is 1.